The Labute approximate surface area is 260 Å². The molecule has 2 aromatic heterocycles. The maximum absolute atomic E-state index is 14.0. The van der Waals surface area contributed by atoms with Crippen molar-refractivity contribution < 1.29 is 23.9 Å². The minimum absolute atomic E-state index is 0.135. The number of para-hydroxylation sites is 1. The Morgan fingerprint density at radius 2 is 1.87 bits per heavy atom. The number of aryl methyl sites for hydroxylation is 1. The first-order chi connectivity index (χ1) is 21.3. The van der Waals surface area contributed by atoms with Crippen molar-refractivity contribution in [1.82, 2.24) is 29.3 Å². The number of amides is 2. The number of hydrogen-bond acceptors (Lipinski definition) is 9. The van der Waals surface area contributed by atoms with Gasteiger partial charge in [-0.1, -0.05) is 24.3 Å². The second-order valence-electron chi connectivity index (χ2n) is 11.8. The predicted molar refractivity (Wildman–Crippen MR) is 169 cm³/mol. The molecule has 2 amide bonds. The van der Waals surface area contributed by atoms with Crippen LogP contribution in [0, 0.1) is 0 Å². The smallest absolute Gasteiger partial charge is 0.407 e. The van der Waals surface area contributed by atoms with Gasteiger partial charge in [0.2, 0.25) is 5.95 Å². The van der Waals surface area contributed by atoms with Crippen LogP contribution in [-0.4, -0.2) is 74.9 Å². The molecule has 0 aliphatic carbocycles. The molecule has 4 rings (SSSR count). The molecule has 242 valence electrons. The lowest BCUT2D eigenvalue weighted by Gasteiger charge is -2.34. The number of alkyl carbamates (subject to hydrolysis) is 1. The number of anilines is 1. The van der Waals surface area contributed by atoms with Gasteiger partial charge < -0.3 is 29.6 Å². The topological polar surface area (TPSA) is 159 Å². The fourth-order valence-electron chi connectivity index (χ4n) is 5.14. The van der Waals surface area contributed by atoms with Gasteiger partial charge in [-0.3, -0.25) is 23.5 Å². The molecule has 14 heteroatoms. The van der Waals surface area contributed by atoms with Gasteiger partial charge in [0.25, 0.3) is 11.5 Å². The molecular weight excluding hydrogens is 582 g/mol. The number of aromatic nitrogens is 4. The molecule has 0 radical (unpaired) electrons. The van der Waals surface area contributed by atoms with Crippen molar-refractivity contribution in [2.24, 2.45) is 7.05 Å². The summed E-state index contributed by atoms with van der Waals surface area (Å²) >= 11 is 0. The maximum Gasteiger partial charge on any atom is 0.407 e. The highest BCUT2D eigenvalue weighted by Crippen LogP contribution is 2.24. The van der Waals surface area contributed by atoms with Crippen LogP contribution in [0.1, 0.15) is 50.9 Å². The number of fused-ring (bicyclic) bond motifs is 1. The molecule has 3 aromatic rings. The number of allylic oxidation sites excluding steroid dienone is 2. The number of benzene rings is 1. The third kappa shape index (κ3) is 7.62. The number of likely N-dealkylation sites (N-methyl/N-ethyl adjacent to an activating group) is 1. The number of imidazole rings is 1. The minimum Gasteiger partial charge on any atom is -0.483 e. The summed E-state index contributed by atoms with van der Waals surface area (Å²) in [6, 6.07) is 6.13. The number of ketones is 1. The number of carbonyl (C=O) groups excluding carboxylic acids is 3. The highest BCUT2D eigenvalue weighted by molar-refractivity contribution is 5.98. The zero-order valence-corrected chi connectivity index (χ0v) is 26.6. The normalized spacial score (nSPS) is 15.3. The van der Waals surface area contributed by atoms with Gasteiger partial charge in [0, 0.05) is 39.8 Å². The number of rotatable bonds is 10. The molecule has 0 saturated carbocycles. The lowest BCUT2D eigenvalue weighted by Crippen LogP contribution is -2.49. The SMILES string of the molecule is C/C=C/Cn1c(N2CCC[C@H](NC(=O)OC(C)(C)C)C2)nc2c1c(=O)n(CC(=O)c1ccccc1OCC(=O)NC)c(=O)n2C. The average Bonchev–Trinajstić information content (AvgIpc) is 3.38. The first kappa shape index (κ1) is 33.0. The Kier molecular flexibility index (Phi) is 10.1. The van der Waals surface area contributed by atoms with Crippen LogP contribution in [0.25, 0.3) is 11.2 Å². The summed E-state index contributed by atoms with van der Waals surface area (Å²) in [5.41, 5.74) is -1.50. The summed E-state index contributed by atoms with van der Waals surface area (Å²) in [6.07, 6.45) is 4.70. The second kappa shape index (κ2) is 13.8. The molecule has 0 bridgehead atoms. The molecule has 1 atom stereocenters. The number of Topliss-reactive ketones (excluding diaryl/α,β-unsaturated/α-hetero) is 1. The van der Waals surface area contributed by atoms with E-state index in [9.17, 15) is 24.0 Å². The van der Waals surface area contributed by atoms with Crippen LogP contribution in [0.4, 0.5) is 10.7 Å². The summed E-state index contributed by atoms with van der Waals surface area (Å²) in [5.74, 6) is -0.272. The Bertz CT molecular complexity index is 1730. The van der Waals surface area contributed by atoms with Crippen molar-refractivity contribution in [3.63, 3.8) is 0 Å². The molecule has 0 unspecified atom stereocenters. The van der Waals surface area contributed by atoms with Crippen LogP contribution in [0.3, 0.4) is 0 Å². The Hall–Kier alpha value is -4.88. The van der Waals surface area contributed by atoms with Crippen molar-refractivity contribution in [1.29, 1.82) is 0 Å². The molecule has 45 heavy (non-hydrogen) atoms. The molecule has 0 spiro atoms. The van der Waals surface area contributed by atoms with E-state index >= 15 is 0 Å². The van der Waals surface area contributed by atoms with E-state index in [1.165, 1.54) is 24.7 Å². The monoisotopic (exact) mass is 623 g/mol. The molecule has 3 heterocycles. The van der Waals surface area contributed by atoms with E-state index in [4.69, 9.17) is 14.5 Å². The second-order valence-corrected chi connectivity index (χ2v) is 11.8. The average molecular weight is 624 g/mol. The van der Waals surface area contributed by atoms with Gasteiger partial charge in [-0.25, -0.2) is 9.59 Å². The van der Waals surface area contributed by atoms with Crippen LogP contribution >= 0.6 is 0 Å². The largest absolute Gasteiger partial charge is 0.483 e. The standard InChI is InChI=1S/C31H41N7O7/c1-7-8-16-37-25-26(34-28(37)36-15-11-12-20(17-36)33-29(42)45-31(2,3)4)35(6)30(43)38(27(25)41)18-22(39)21-13-9-10-14-23(21)44-19-24(40)32-5/h7-10,13-14,20H,11-12,15-19H2,1-6H3,(H,32,40)(H,33,42)/b8-7+/t20-/m0/s1. The molecule has 1 fully saturated rings. The Morgan fingerprint density at radius 3 is 2.56 bits per heavy atom. The highest BCUT2D eigenvalue weighted by atomic mass is 16.6. The first-order valence-corrected chi connectivity index (χ1v) is 14.9. The van der Waals surface area contributed by atoms with Crippen LogP contribution < -0.4 is 31.5 Å². The summed E-state index contributed by atoms with van der Waals surface area (Å²) in [6.45, 7) is 7.75. The van der Waals surface area contributed by atoms with Crippen LogP contribution in [0.5, 0.6) is 5.75 Å². The molecular formula is C31H41N7O7. The fourth-order valence-corrected chi connectivity index (χ4v) is 5.14. The Balaban J connectivity index is 1.71. The van der Waals surface area contributed by atoms with E-state index in [1.807, 2.05) is 24.0 Å². The summed E-state index contributed by atoms with van der Waals surface area (Å²) in [7, 11) is 2.98. The van der Waals surface area contributed by atoms with Crippen LogP contribution in [-0.2, 0) is 29.7 Å². The maximum atomic E-state index is 14.0. The van der Waals surface area contributed by atoms with Gasteiger partial charge in [-0.2, -0.15) is 4.98 Å². The molecule has 1 aliphatic rings. The third-order valence-electron chi connectivity index (χ3n) is 7.29. The highest BCUT2D eigenvalue weighted by Gasteiger charge is 2.29. The molecule has 14 nitrogen and oxygen atoms in total. The zero-order valence-electron chi connectivity index (χ0n) is 26.6. The zero-order chi connectivity index (χ0) is 32.9. The Morgan fingerprint density at radius 1 is 1.13 bits per heavy atom. The van der Waals surface area contributed by atoms with E-state index in [0.29, 0.717) is 25.6 Å². The van der Waals surface area contributed by atoms with E-state index in [1.54, 1.807) is 43.5 Å². The van der Waals surface area contributed by atoms with Crippen molar-refractivity contribution >= 4 is 34.9 Å². The number of carbonyl (C=O) groups is 3. The van der Waals surface area contributed by atoms with E-state index in [0.717, 1.165) is 17.4 Å². The lowest BCUT2D eigenvalue weighted by molar-refractivity contribution is -0.122. The van der Waals surface area contributed by atoms with Gasteiger partial charge in [-0.15, -0.1) is 0 Å². The molecule has 1 aliphatic heterocycles. The quantitative estimate of drug-likeness (QED) is 0.254. The number of nitrogens with zero attached hydrogens (tertiary/aromatic N) is 5. The van der Waals surface area contributed by atoms with Gasteiger partial charge >= 0.3 is 11.8 Å². The van der Waals surface area contributed by atoms with Crippen molar-refractivity contribution in [2.45, 2.75) is 65.3 Å². The fraction of sp³-hybridized carbons (Fsp3) is 0.484. The minimum atomic E-state index is -0.699. The first-order valence-electron chi connectivity index (χ1n) is 14.9. The number of piperidine rings is 1. The van der Waals surface area contributed by atoms with Crippen LogP contribution in [0.2, 0.25) is 0 Å². The van der Waals surface area contributed by atoms with E-state index in [-0.39, 0.29) is 41.0 Å². The number of ether oxygens (including phenoxy) is 2. The van der Waals surface area contributed by atoms with Crippen molar-refractivity contribution in [3.8, 4) is 5.75 Å². The lowest BCUT2D eigenvalue weighted by atomic mass is 10.1. The number of hydrogen-bond donors (Lipinski definition) is 2. The van der Waals surface area contributed by atoms with E-state index < -0.39 is 35.3 Å². The predicted octanol–water partition coefficient (Wildman–Crippen LogP) is 1.97. The summed E-state index contributed by atoms with van der Waals surface area (Å²) < 4.78 is 14.8. The van der Waals surface area contributed by atoms with Gasteiger partial charge in [0.1, 0.15) is 11.4 Å². The molecule has 2 N–H and O–H groups in total. The van der Waals surface area contributed by atoms with Crippen molar-refractivity contribution in [3.05, 3.63) is 62.8 Å². The number of nitrogens with one attached hydrogen (secondary N) is 2. The summed E-state index contributed by atoms with van der Waals surface area (Å²) in [4.78, 5) is 71.7. The molecule has 1 aromatic carbocycles. The van der Waals surface area contributed by atoms with Crippen LogP contribution in [0.15, 0.2) is 46.0 Å². The van der Waals surface area contributed by atoms with Gasteiger partial charge in [-0.05, 0) is 52.7 Å². The third-order valence-corrected chi connectivity index (χ3v) is 7.29. The van der Waals surface area contributed by atoms with E-state index in [2.05, 4.69) is 10.6 Å². The van der Waals surface area contributed by atoms with Gasteiger partial charge in [0.05, 0.1) is 12.1 Å². The van der Waals surface area contributed by atoms with Gasteiger partial charge in [0.15, 0.2) is 23.6 Å². The molecule has 1 saturated heterocycles. The summed E-state index contributed by atoms with van der Waals surface area (Å²) in [5, 5.41) is 5.37. The van der Waals surface area contributed by atoms with Crippen molar-refractivity contribution in [2.75, 3.05) is 31.6 Å².